The van der Waals surface area contributed by atoms with E-state index < -0.39 is 0 Å². The molecule has 0 heterocycles. The number of esters is 2. The van der Waals surface area contributed by atoms with E-state index in [0.717, 1.165) is 6.42 Å². The third kappa shape index (κ3) is 10.1. The highest BCUT2D eigenvalue weighted by molar-refractivity contribution is 5.73. The molecule has 0 aromatic rings. The first-order valence-electron chi connectivity index (χ1n) is 6.52. The molecule has 0 aromatic heterocycles. The van der Waals surface area contributed by atoms with Gasteiger partial charge in [-0.3, -0.25) is 9.59 Å². The molecule has 0 saturated carbocycles. The van der Waals surface area contributed by atoms with Crippen LogP contribution in [0.1, 0.15) is 33.1 Å². The molecule has 0 N–H and O–H groups in total. The van der Waals surface area contributed by atoms with E-state index in [9.17, 15) is 9.59 Å². The highest BCUT2D eigenvalue weighted by Crippen LogP contribution is 2.20. The number of hydrogen-bond donors (Lipinski definition) is 0. The van der Waals surface area contributed by atoms with Crippen LogP contribution in [0.2, 0.25) is 0 Å². The summed E-state index contributed by atoms with van der Waals surface area (Å²) in [6.07, 6.45) is 4.29. The van der Waals surface area contributed by atoms with Crippen LogP contribution in [-0.2, 0) is 19.1 Å². The molecule has 0 fully saturated rings. The van der Waals surface area contributed by atoms with Crippen LogP contribution in [0.15, 0.2) is 25.3 Å². The fraction of sp³-hybridized carbons (Fsp3) is 0.600. The minimum Gasteiger partial charge on any atom is -0.461 e. The molecule has 0 saturated heterocycles. The zero-order valence-electron chi connectivity index (χ0n) is 11.9. The number of carbonyl (C=O) groups excluding carboxylic acids is 2. The molecule has 0 unspecified atom stereocenters. The van der Waals surface area contributed by atoms with E-state index in [0.29, 0.717) is 5.92 Å². The summed E-state index contributed by atoms with van der Waals surface area (Å²) >= 11 is 0. The van der Waals surface area contributed by atoms with Crippen LogP contribution in [0.3, 0.4) is 0 Å². The van der Waals surface area contributed by atoms with Crippen LogP contribution in [0, 0.1) is 11.8 Å². The number of hydrogen-bond acceptors (Lipinski definition) is 4. The molecule has 0 bridgehead atoms. The van der Waals surface area contributed by atoms with E-state index in [-0.39, 0.29) is 43.9 Å². The average Bonchev–Trinajstić information content (AvgIpc) is 2.32. The van der Waals surface area contributed by atoms with E-state index in [1.165, 1.54) is 12.2 Å². The standard InChI is InChI=1S/C15H24O4/c1-5-7-18-14(16)10-13(9-12(3)4)11-15(17)19-8-6-2/h5-6,12-13H,1-2,7-11H2,3-4H3. The summed E-state index contributed by atoms with van der Waals surface area (Å²) in [6, 6.07) is 0. The lowest BCUT2D eigenvalue weighted by Crippen LogP contribution is -2.18. The summed E-state index contributed by atoms with van der Waals surface area (Å²) in [4.78, 5) is 23.1. The van der Waals surface area contributed by atoms with Gasteiger partial charge in [0.05, 0.1) is 0 Å². The zero-order chi connectivity index (χ0) is 14.7. The van der Waals surface area contributed by atoms with Gasteiger partial charge in [-0.2, -0.15) is 0 Å². The van der Waals surface area contributed by atoms with Gasteiger partial charge < -0.3 is 9.47 Å². The Labute approximate surface area is 115 Å². The second-order valence-corrected chi connectivity index (χ2v) is 4.85. The van der Waals surface area contributed by atoms with Gasteiger partial charge in [-0.05, 0) is 18.3 Å². The number of rotatable bonds is 10. The molecule has 4 heteroatoms. The number of ether oxygens (including phenoxy) is 2. The Morgan fingerprint density at radius 1 is 1.00 bits per heavy atom. The first kappa shape index (κ1) is 17.4. The summed E-state index contributed by atoms with van der Waals surface area (Å²) in [7, 11) is 0. The Kier molecular flexibility index (Phi) is 9.49. The van der Waals surface area contributed by atoms with Crippen molar-refractivity contribution in [2.45, 2.75) is 33.1 Å². The zero-order valence-corrected chi connectivity index (χ0v) is 11.9. The lowest BCUT2D eigenvalue weighted by molar-refractivity contribution is -0.146. The van der Waals surface area contributed by atoms with Gasteiger partial charge in [0, 0.05) is 12.8 Å². The first-order chi connectivity index (χ1) is 8.99. The second-order valence-electron chi connectivity index (χ2n) is 4.85. The molecular weight excluding hydrogens is 244 g/mol. The fourth-order valence-electron chi connectivity index (χ4n) is 1.80. The average molecular weight is 268 g/mol. The molecule has 0 amide bonds. The molecule has 19 heavy (non-hydrogen) atoms. The van der Waals surface area contributed by atoms with Gasteiger partial charge in [-0.15, -0.1) is 0 Å². The molecular formula is C15H24O4. The molecule has 0 atom stereocenters. The van der Waals surface area contributed by atoms with Crippen LogP contribution < -0.4 is 0 Å². The van der Waals surface area contributed by atoms with Gasteiger partial charge in [-0.1, -0.05) is 39.2 Å². The second kappa shape index (κ2) is 10.4. The SMILES string of the molecule is C=CCOC(=O)CC(CC(=O)OCC=C)CC(C)C. The van der Waals surface area contributed by atoms with Gasteiger partial charge in [-0.25, -0.2) is 0 Å². The Hall–Kier alpha value is -1.58. The highest BCUT2D eigenvalue weighted by atomic mass is 16.5. The van der Waals surface area contributed by atoms with Gasteiger partial charge in [0.1, 0.15) is 13.2 Å². The topological polar surface area (TPSA) is 52.6 Å². The largest absolute Gasteiger partial charge is 0.461 e. The van der Waals surface area contributed by atoms with Gasteiger partial charge in [0.2, 0.25) is 0 Å². The molecule has 0 spiro atoms. The molecule has 0 aliphatic rings. The van der Waals surface area contributed by atoms with E-state index in [2.05, 4.69) is 27.0 Å². The smallest absolute Gasteiger partial charge is 0.306 e. The van der Waals surface area contributed by atoms with Crippen molar-refractivity contribution in [2.75, 3.05) is 13.2 Å². The monoisotopic (exact) mass is 268 g/mol. The van der Waals surface area contributed by atoms with Crippen molar-refractivity contribution < 1.29 is 19.1 Å². The molecule has 0 rings (SSSR count). The normalized spacial score (nSPS) is 10.3. The summed E-state index contributed by atoms with van der Waals surface area (Å²) in [5.41, 5.74) is 0. The van der Waals surface area contributed by atoms with E-state index in [4.69, 9.17) is 9.47 Å². The van der Waals surface area contributed by atoms with Crippen molar-refractivity contribution in [1.82, 2.24) is 0 Å². The highest BCUT2D eigenvalue weighted by Gasteiger charge is 2.20. The van der Waals surface area contributed by atoms with Crippen molar-refractivity contribution in [3.05, 3.63) is 25.3 Å². The molecule has 4 nitrogen and oxygen atoms in total. The summed E-state index contributed by atoms with van der Waals surface area (Å²) in [5.74, 6) is -0.247. The lowest BCUT2D eigenvalue weighted by atomic mass is 9.91. The predicted octanol–water partition coefficient (Wildman–Crippen LogP) is 2.89. The number of carbonyl (C=O) groups is 2. The Morgan fingerprint density at radius 2 is 1.42 bits per heavy atom. The molecule has 0 aliphatic carbocycles. The Bertz CT molecular complexity index is 281. The maximum absolute atomic E-state index is 11.6. The molecule has 0 aliphatic heterocycles. The van der Waals surface area contributed by atoms with Crippen molar-refractivity contribution in [1.29, 1.82) is 0 Å². The van der Waals surface area contributed by atoms with Gasteiger partial charge in [0.15, 0.2) is 0 Å². The van der Waals surface area contributed by atoms with Crippen molar-refractivity contribution in [2.24, 2.45) is 11.8 Å². The fourth-order valence-corrected chi connectivity index (χ4v) is 1.80. The quantitative estimate of drug-likeness (QED) is 0.451. The van der Waals surface area contributed by atoms with Crippen LogP contribution in [0.5, 0.6) is 0 Å². The first-order valence-corrected chi connectivity index (χ1v) is 6.52. The molecule has 0 aromatic carbocycles. The van der Waals surface area contributed by atoms with Gasteiger partial charge in [0.25, 0.3) is 0 Å². The Balaban J connectivity index is 4.28. The van der Waals surface area contributed by atoms with Crippen LogP contribution >= 0.6 is 0 Å². The van der Waals surface area contributed by atoms with Crippen LogP contribution in [0.4, 0.5) is 0 Å². The third-order valence-corrected chi connectivity index (χ3v) is 2.44. The van der Waals surface area contributed by atoms with Crippen LogP contribution in [-0.4, -0.2) is 25.2 Å². The minimum atomic E-state index is -0.304. The van der Waals surface area contributed by atoms with Gasteiger partial charge >= 0.3 is 11.9 Å². The van der Waals surface area contributed by atoms with E-state index >= 15 is 0 Å². The Morgan fingerprint density at radius 3 is 1.74 bits per heavy atom. The van der Waals surface area contributed by atoms with Crippen molar-refractivity contribution >= 4 is 11.9 Å². The third-order valence-electron chi connectivity index (χ3n) is 2.44. The van der Waals surface area contributed by atoms with Crippen molar-refractivity contribution in [3.8, 4) is 0 Å². The van der Waals surface area contributed by atoms with E-state index in [1.54, 1.807) is 0 Å². The molecule has 108 valence electrons. The minimum absolute atomic E-state index is 0.0466. The molecule has 0 radical (unpaired) electrons. The van der Waals surface area contributed by atoms with Crippen LogP contribution in [0.25, 0.3) is 0 Å². The predicted molar refractivity (Wildman–Crippen MR) is 74.5 cm³/mol. The summed E-state index contributed by atoms with van der Waals surface area (Å²) in [6.45, 7) is 11.5. The van der Waals surface area contributed by atoms with Crippen molar-refractivity contribution in [3.63, 3.8) is 0 Å². The maximum atomic E-state index is 11.6. The summed E-state index contributed by atoms with van der Waals surface area (Å²) in [5, 5.41) is 0. The van der Waals surface area contributed by atoms with E-state index in [1.807, 2.05) is 0 Å². The summed E-state index contributed by atoms with van der Waals surface area (Å²) < 4.78 is 9.88. The maximum Gasteiger partial charge on any atom is 0.306 e. The lowest BCUT2D eigenvalue weighted by Gasteiger charge is -2.17.